The highest BCUT2D eigenvalue weighted by Crippen LogP contribution is 2.45. The molecule has 1 aliphatic carbocycles. The molecule has 1 saturated heterocycles. The fourth-order valence-electron chi connectivity index (χ4n) is 4.26. The van der Waals surface area contributed by atoms with Crippen molar-refractivity contribution in [1.82, 2.24) is 19.3 Å². The second-order valence-corrected chi connectivity index (χ2v) is 7.09. The molecular weight excluding hydrogens is 292 g/mol. The molecule has 2 aliphatic rings. The van der Waals surface area contributed by atoms with Crippen LogP contribution in [0.1, 0.15) is 45.4 Å². The summed E-state index contributed by atoms with van der Waals surface area (Å²) in [7, 11) is 0. The normalized spacial score (nSPS) is 23.8. The molecule has 0 amide bonds. The minimum absolute atomic E-state index is 0.0115. The third kappa shape index (κ3) is 2.59. The Morgan fingerprint density at radius 1 is 1.35 bits per heavy atom. The van der Waals surface area contributed by atoms with E-state index in [1.54, 1.807) is 21.8 Å². The summed E-state index contributed by atoms with van der Waals surface area (Å²) in [5.74, 6) is 0. The van der Waals surface area contributed by atoms with Gasteiger partial charge in [-0.15, -0.1) is 0 Å². The number of aryl methyl sites for hydroxylation is 1. The molecule has 1 atom stereocenters. The van der Waals surface area contributed by atoms with E-state index in [9.17, 15) is 4.79 Å². The van der Waals surface area contributed by atoms with E-state index >= 15 is 0 Å². The summed E-state index contributed by atoms with van der Waals surface area (Å²) in [5, 5.41) is 4.23. The monoisotopic (exact) mass is 316 g/mol. The van der Waals surface area contributed by atoms with Crippen LogP contribution in [0.25, 0.3) is 11.0 Å². The second kappa shape index (κ2) is 5.74. The third-order valence-electron chi connectivity index (χ3n) is 5.52. The van der Waals surface area contributed by atoms with E-state index in [0.29, 0.717) is 29.5 Å². The van der Waals surface area contributed by atoms with Gasteiger partial charge in [0.1, 0.15) is 5.52 Å². The van der Waals surface area contributed by atoms with Crippen LogP contribution in [0, 0.1) is 5.41 Å². The summed E-state index contributed by atoms with van der Waals surface area (Å²) in [6, 6.07) is 0. The van der Waals surface area contributed by atoms with Gasteiger partial charge in [0.05, 0.1) is 31.8 Å². The van der Waals surface area contributed by atoms with Crippen molar-refractivity contribution >= 4 is 11.0 Å². The van der Waals surface area contributed by atoms with Crippen LogP contribution < -0.4 is 5.56 Å². The zero-order valence-electron chi connectivity index (χ0n) is 13.7. The highest BCUT2D eigenvalue weighted by atomic mass is 16.5. The number of hydrogen-bond donors (Lipinski definition) is 0. The van der Waals surface area contributed by atoms with Gasteiger partial charge in [-0.1, -0.05) is 19.3 Å². The Hall–Kier alpha value is -1.69. The van der Waals surface area contributed by atoms with E-state index in [1.165, 1.54) is 32.1 Å². The maximum atomic E-state index is 12.7. The van der Waals surface area contributed by atoms with Crippen molar-refractivity contribution in [1.29, 1.82) is 0 Å². The average molecular weight is 316 g/mol. The Kier molecular flexibility index (Phi) is 3.71. The molecule has 1 aliphatic heterocycles. The molecule has 2 aromatic heterocycles. The van der Waals surface area contributed by atoms with Crippen LogP contribution in [0.4, 0.5) is 0 Å². The Morgan fingerprint density at radius 2 is 2.17 bits per heavy atom. The molecule has 0 N–H and O–H groups in total. The third-order valence-corrected chi connectivity index (χ3v) is 5.52. The predicted molar refractivity (Wildman–Crippen MR) is 87.3 cm³/mol. The molecule has 4 rings (SSSR count). The van der Waals surface area contributed by atoms with Crippen molar-refractivity contribution in [2.45, 2.75) is 64.6 Å². The molecule has 0 aromatic carbocycles. The Bertz CT molecular complexity index is 758. The molecular formula is C17H24N4O2. The molecule has 124 valence electrons. The number of fused-ring (bicyclic) bond motifs is 1. The van der Waals surface area contributed by atoms with Crippen LogP contribution in [0.2, 0.25) is 0 Å². The van der Waals surface area contributed by atoms with Crippen molar-refractivity contribution in [3.05, 3.63) is 22.9 Å². The van der Waals surface area contributed by atoms with Gasteiger partial charge >= 0.3 is 0 Å². The number of hydrogen-bond acceptors (Lipinski definition) is 4. The molecule has 6 heteroatoms. The highest BCUT2D eigenvalue weighted by molar-refractivity contribution is 5.72. The standard InChI is InChI=1S/C17H24N4O2/c1-2-21-15-14(9-19-21)18-12-20(16(15)22)10-13-8-17(11-23-13)6-4-3-5-7-17/h9,12-13H,2-8,10-11H2,1H3. The highest BCUT2D eigenvalue weighted by Gasteiger charge is 2.40. The van der Waals surface area contributed by atoms with E-state index in [4.69, 9.17) is 4.74 Å². The summed E-state index contributed by atoms with van der Waals surface area (Å²) in [6.45, 7) is 4.11. The van der Waals surface area contributed by atoms with Gasteiger partial charge in [0, 0.05) is 6.54 Å². The Balaban J connectivity index is 1.56. The van der Waals surface area contributed by atoms with Crippen LogP contribution in [0.3, 0.4) is 0 Å². The summed E-state index contributed by atoms with van der Waals surface area (Å²) in [5.41, 5.74) is 1.63. The molecule has 1 saturated carbocycles. The lowest BCUT2D eigenvalue weighted by molar-refractivity contribution is 0.0752. The predicted octanol–water partition coefficient (Wildman–Crippen LogP) is 2.35. The fraction of sp³-hybridized carbons (Fsp3) is 0.706. The van der Waals surface area contributed by atoms with Crippen LogP contribution >= 0.6 is 0 Å². The van der Waals surface area contributed by atoms with Gasteiger partial charge in [-0.05, 0) is 31.6 Å². The first kappa shape index (κ1) is 14.9. The SMILES string of the molecule is CCn1ncc2ncn(CC3CC4(CCCCC4)CO3)c(=O)c21. The number of nitrogens with zero attached hydrogens (tertiary/aromatic N) is 4. The van der Waals surface area contributed by atoms with Crippen LogP contribution in [-0.2, 0) is 17.8 Å². The molecule has 6 nitrogen and oxygen atoms in total. The zero-order valence-corrected chi connectivity index (χ0v) is 13.7. The molecule has 2 aromatic rings. The minimum atomic E-state index is -0.0115. The van der Waals surface area contributed by atoms with E-state index in [-0.39, 0.29) is 11.7 Å². The molecule has 0 radical (unpaired) electrons. The number of rotatable bonds is 3. The first-order valence-electron chi connectivity index (χ1n) is 8.73. The molecule has 23 heavy (non-hydrogen) atoms. The average Bonchev–Trinajstić information content (AvgIpc) is 3.16. The first-order valence-corrected chi connectivity index (χ1v) is 8.73. The maximum absolute atomic E-state index is 12.7. The van der Waals surface area contributed by atoms with E-state index in [0.717, 1.165) is 13.0 Å². The van der Waals surface area contributed by atoms with Gasteiger partial charge in [0.2, 0.25) is 0 Å². The molecule has 0 bridgehead atoms. The molecule has 2 fully saturated rings. The van der Waals surface area contributed by atoms with E-state index in [1.807, 2.05) is 6.92 Å². The Labute approximate surface area is 135 Å². The lowest BCUT2D eigenvalue weighted by Gasteiger charge is -2.31. The van der Waals surface area contributed by atoms with Crippen molar-refractivity contribution in [3.8, 4) is 0 Å². The van der Waals surface area contributed by atoms with Crippen LogP contribution in [0.15, 0.2) is 17.3 Å². The quantitative estimate of drug-likeness (QED) is 0.872. The molecule has 3 heterocycles. The van der Waals surface area contributed by atoms with Crippen molar-refractivity contribution < 1.29 is 4.74 Å². The van der Waals surface area contributed by atoms with Crippen molar-refractivity contribution in [2.24, 2.45) is 5.41 Å². The van der Waals surface area contributed by atoms with Gasteiger partial charge < -0.3 is 4.74 Å². The summed E-state index contributed by atoms with van der Waals surface area (Å²) in [6.07, 6.45) is 11.0. The summed E-state index contributed by atoms with van der Waals surface area (Å²) < 4.78 is 9.46. The minimum Gasteiger partial charge on any atom is -0.376 e. The fourth-order valence-corrected chi connectivity index (χ4v) is 4.26. The van der Waals surface area contributed by atoms with Gasteiger partial charge in [-0.2, -0.15) is 5.10 Å². The maximum Gasteiger partial charge on any atom is 0.279 e. The van der Waals surface area contributed by atoms with Gasteiger partial charge in [0.15, 0.2) is 5.52 Å². The molecule has 1 unspecified atom stereocenters. The largest absolute Gasteiger partial charge is 0.376 e. The van der Waals surface area contributed by atoms with E-state index in [2.05, 4.69) is 10.1 Å². The van der Waals surface area contributed by atoms with Gasteiger partial charge in [0.25, 0.3) is 5.56 Å². The summed E-state index contributed by atoms with van der Waals surface area (Å²) >= 11 is 0. The second-order valence-electron chi connectivity index (χ2n) is 7.09. The van der Waals surface area contributed by atoms with Crippen molar-refractivity contribution in [3.63, 3.8) is 0 Å². The van der Waals surface area contributed by atoms with Crippen LogP contribution in [0.5, 0.6) is 0 Å². The van der Waals surface area contributed by atoms with E-state index < -0.39 is 0 Å². The molecule has 1 spiro atoms. The van der Waals surface area contributed by atoms with Gasteiger partial charge in [-0.3, -0.25) is 14.0 Å². The lowest BCUT2D eigenvalue weighted by Crippen LogP contribution is -2.29. The lowest BCUT2D eigenvalue weighted by atomic mass is 9.73. The van der Waals surface area contributed by atoms with Crippen LogP contribution in [-0.4, -0.2) is 32.0 Å². The topological polar surface area (TPSA) is 61.9 Å². The zero-order chi connectivity index (χ0) is 15.9. The smallest absolute Gasteiger partial charge is 0.279 e. The Morgan fingerprint density at radius 3 is 2.96 bits per heavy atom. The number of aromatic nitrogens is 4. The first-order chi connectivity index (χ1) is 11.2. The summed E-state index contributed by atoms with van der Waals surface area (Å²) in [4.78, 5) is 17.1. The van der Waals surface area contributed by atoms with Gasteiger partial charge in [-0.25, -0.2) is 4.98 Å². The number of ether oxygens (including phenoxy) is 1. The van der Waals surface area contributed by atoms with Crippen molar-refractivity contribution in [2.75, 3.05) is 6.61 Å².